The zero-order valence-electron chi connectivity index (χ0n) is 6.88. The van der Waals surface area contributed by atoms with E-state index in [-0.39, 0.29) is 14.7 Å². The number of nitrogens with zero attached hydrogens (tertiary/aromatic N) is 1. The van der Waals surface area contributed by atoms with E-state index < -0.39 is 18.8 Å². The summed E-state index contributed by atoms with van der Waals surface area (Å²) in [6.07, 6.45) is -0.645. The zero-order valence-corrected chi connectivity index (χ0v) is 9.03. The topological polar surface area (TPSA) is 50.2 Å². The molecule has 0 spiro atoms. The molecule has 0 aliphatic carbocycles. The highest BCUT2D eigenvalue weighted by Gasteiger charge is 2.18. The Bertz CT molecular complexity index is 357. The molecule has 0 saturated heterocycles. The SMILES string of the molecule is O=C(O)Cc1cncc(I)c1C(F)F. The second-order valence-electron chi connectivity index (χ2n) is 2.57. The van der Waals surface area contributed by atoms with Gasteiger partial charge in [-0.05, 0) is 28.2 Å². The van der Waals surface area contributed by atoms with Crippen molar-refractivity contribution >= 4 is 28.6 Å². The lowest BCUT2D eigenvalue weighted by Gasteiger charge is -2.07. The summed E-state index contributed by atoms with van der Waals surface area (Å²) >= 11 is 1.71. The molecule has 0 aliphatic rings. The summed E-state index contributed by atoms with van der Waals surface area (Å²) in [6, 6.07) is 0. The van der Waals surface area contributed by atoms with Crippen LogP contribution in [-0.4, -0.2) is 16.1 Å². The van der Waals surface area contributed by atoms with Crippen molar-refractivity contribution in [2.45, 2.75) is 12.8 Å². The van der Waals surface area contributed by atoms with Crippen molar-refractivity contribution in [3.05, 3.63) is 27.1 Å². The Kier molecular flexibility index (Phi) is 3.73. The van der Waals surface area contributed by atoms with Crippen molar-refractivity contribution in [1.82, 2.24) is 4.98 Å². The van der Waals surface area contributed by atoms with E-state index in [0.29, 0.717) is 0 Å². The number of rotatable bonds is 3. The molecule has 1 N–H and O–H groups in total. The maximum Gasteiger partial charge on any atom is 0.307 e. The molecule has 1 heterocycles. The molecule has 0 unspecified atom stereocenters. The third kappa shape index (κ3) is 2.60. The Morgan fingerprint density at radius 3 is 2.71 bits per heavy atom. The van der Waals surface area contributed by atoms with Gasteiger partial charge in [-0.25, -0.2) is 8.78 Å². The lowest BCUT2D eigenvalue weighted by atomic mass is 10.1. The normalized spacial score (nSPS) is 10.6. The third-order valence-corrected chi connectivity index (χ3v) is 2.44. The molecular weight excluding hydrogens is 307 g/mol. The van der Waals surface area contributed by atoms with E-state index in [1.54, 1.807) is 22.6 Å². The summed E-state index contributed by atoms with van der Waals surface area (Å²) in [7, 11) is 0. The number of halogens is 3. The van der Waals surface area contributed by atoms with Gasteiger partial charge in [-0.2, -0.15) is 0 Å². The van der Waals surface area contributed by atoms with E-state index in [0.717, 1.165) is 6.20 Å². The maximum absolute atomic E-state index is 12.5. The number of aromatic nitrogens is 1. The van der Waals surface area contributed by atoms with Gasteiger partial charge >= 0.3 is 5.97 Å². The standard InChI is InChI=1S/C8H6F2INO2/c9-8(10)7-4(1-6(13)14)2-12-3-5(7)11/h2-3,8H,1H2,(H,13,14). The molecule has 76 valence electrons. The second kappa shape index (κ2) is 4.63. The van der Waals surface area contributed by atoms with Crippen LogP contribution in [-0.2, 0) is 11.2 Å². The van der Waals surface area contributed by atoms with Crippen molar-refractivity contribution in [3.63, 3.8) is 0 Å². The van der Waals surface area contributed by atoms with E-state index in [2.05, 4.69) is 4.98 Å². The van der Waals surface area contributed by atoms with Crippen LogP contribution in [0.2, 0.25) is 0 Å². The van der Waals surface area contributed by atoms with Crippen LogP contribution in [0.3, 0.4) is 0 Å². The maximum atomic E-state index is 12.5. The number of carboxylic acids is 1. The molecule has 0 amide bonds. The molecule has 6 heteroatoms. The van der Waals surface area contributed by atoms with Crippen LogP contribution in [0, 0.1) is 3.57 Å². The Hall–Kier alpha value is -0.790. The zero-order chi connectivity index (χ0) is 10.7. The molecule has 0 aliphatic heterocycles. The number of pyridine rings is 1. The van der Waals surface area contributed by atoms with E-state index >= 15 is 0 Å². The van der Waals surface area contributed by atoms with Gasteiger partial charge in [0.25, 0.3) is 6.43 Å². The molecule has 1 aromatic rings. The Balaban J connectivity index is 3.14. The van der Waals surface area contributed by atoms with Gasteiger partial charge in [0.1, 0.15) is 0 Å². The van der Waals surface area contributed by atoms with Crippen LogP contribution in [0.1, 0.15) is 17.6 Å². The van der Waals surface area contributed by atoms with Crippen LogP contribution >= 0.6 is 22.6 Å². The molecule has 0 aromatic carbocycles. The first-order valence-electron chi connectivity index (χ1n) is 3.64. The van der Waals surface area contributed by atoms with E-state index in [1.807, 2.05) is 0 Å². The van der Waals surface area contributed by atoms with Crippen molar-refractivity contribution in [2.24, 2.45) is 0 Å². The molecule has 0 radical (unpaired) electrons. The Morgan fingerprint density at radius 2 is 2.21 bits per heavy atom. The summed E-state index contributed by atoms with van der Waals surface area (Å²) in [5, 5.41) is 8.49. The highest BCUT2D eigenvalue weighted by atomic mass is 127. The highest BCUT2D eigenvalue weighted by Crippen LogP contribution is 2.27. The number of carboxylic acid groups (broad SMARTS) is 1. The van der Waals surface area contributed by atoms with Crippen molar-refractivity contribution < 1.29 is 18.7 Å². The first-order valence-corrected chi connectivity index (χ1v) is 4.72. The average Bonchev–Trinajstić information content (AvgIpc) is 2.01. The van der Waals surface area contributed by atoms with E-state index in [4.69, 9.17) is 5.11 Å². The molecule has 0 atom stereocenters. The lowest BCUT2D eigenvalue weighted by molar-refractivity contribution is -0.136. The average molecular weight is 313 g/mol. The van der Waals surface area contributed by atoms with Gasteiger partial charge in [-0.15, -0.1) is 0 Å². The predicted molar refractivity (Wildman–Crippen MR) is 53.3 cm³/mol. The fraction of sp³-hybridized carbons (Fsp3) is 0.250. The van der Waals surface area contributed by atoms with Crippen LogP contribution in [0.15, 0.2) is 12.4 Å². The van der Waals surface area contributed by atoms with Gasteiger partial charge < -0.3 is 5.11 Å². The molecule has 3 nitrogen and oxygen atoms in total. The van der Waals surface area contributed by atoms with E-state index in [1.165, 1.54) is 6.20 Å². The van der Waals surface area contributed by atoms with Gasteiger partial charge in [0, 0.05) is 21.5 Å². The summed E-state index contributed by atoms with van der Waals surface area (Å²) in [5.41, 5.74) is -0.164. The molecule has 1 rings (SSSR count). The summed E-state index contributed by atoms with van der Waals surface area (Å²) in [6.45, 7) is 0. The van der Waals surface area contributed by atoms with E-state index in [9.17, 15) is 13.6 Å². The molecule has 0 saturated carbocycles. The second-order valence-corrected chi connectivity index (χ2v) is 3.73. The van der Waals surface area contributed by atoms with Crippen LogP contribution < -0.4 is 0 Å². The van der Waals surface area contributed by atoms with Crippen molar-refractivity contribution in [3.8, 4) is 0 Å². The molecule has 14 heavy (non-hydrogen) atoms. The molecule has 1 aromatic heterocycles. The third-order valence-electron chi connectivity index (χ3n) is 1.58. The van der Waals surface area contributed by atoms with Gasteiger partial charge in [0.15, 0.2) is 0 Å². The van der Waals surface area contributed by atoms with Crippen molar-refractivity contribution in [2.75, 3.05) is 0 Å². The number of hydrogen-bond donors (Lipinski definition) is 1. The van der Waals surface area contributed by atoms with Gasteiger partial charge in [-0.1, -0.05) is 0 Å². The Morgan fingerprint density at radius 1 is 1.57 bits per heavy atom. The minimum absolute atomic E-state index is 0.0689. The minimum Gasteiger partial charge on any atom is -0.481 e. The quantitative estimate of drug-likeness (QED) is 0.871. The predicted octanol–water partition coefficient (Wildman–Crippen LogP) is 2.25. The highest BCUT2D eigenvalue weighted by molar-refractivity contribution is 14.1. The largest absolute Gasteiger partial charge is 0.481 e. The number of carbonyl (C=O) groups is 1. The fourth-order valence-corrected chi connectivity index (χ4v) is 1.78. The fourth-order valence-electron chi connectivity index (χ4n) is 1.03. The summed E-state index contributed by atoms with van der Waals surface area (Å²) in [4.78, 5) is 14.1. The van der Waals surface area contributed by atoms with Gasteiger partial charge in [0.2, 0.25) is 0 Å². The Labute approximate surface area is 92.3 Å². The number of alkyl halides is 2. The van der Waals surface area contributed by atoms with Gasteiger partial charge in [-0.3, -0.25) is 9.78 Å². The summed E-state index contributed by atoms with van der Waals surface area (Å²) < 4.78 is 25.3. The molecule has 0 fully saturated rings. The summed E-state index contributed by atoms with van der Waals surface area (Å²) in [5.74, 6) is -1.14. The van der Waals surface area contributed by atoms with Crippen LogP contribution in [0.4, 0.5) is 8.78 Å². The minimum atomic E-state index is -2.67. The number of hydrogen-bond acceptors (Lipinski definition) is 2. The molecular formula is C8H6F2INO2. The van der Waals surface area contributed by atoms with Gasteiger partial charge in [0.05, 0.1) is 6.42 Å². The van der Waals surface area contributed by atoms with Crippen LogP contribution in [0.5, 0.6) is 0 Å². The first-order chi connectivity index (χ1) is 6.52. The number of aliphatic carboxylic acids is 1. The lowest BCUT2D eigenvalue weighted by Crippen LogP contribution is -2.06. The monoisotopic (exact) mass is 313 g/mol. The van der Waals surface area contributed by atoms with Crippen LogP contribution in [0.25, 0.3) is 0 Å². The van der Waals surface area contributed by atoms with Crippen molar-refractivity contribution in [1.29, 1.82) is 0 Å². The molecule has 0 bridgehead atoms. The smallest absolute Gasteiger partial charge is 0.307 e. The first kappa shape index (κ1) is 11.3.